The number of aromatic nitrogens is 1. The highest BCUT2D eigenvalue weighted by molar-refractivity contribution is 6.13. The molecule has 0 saturated carbocycles. The Kier molecular flexibility index (Phi) is 7.82. The molecule has 11 rings (SSSR count). The summed E-state index contributed by atoms with van der Waals surface area (Å²) in [6.45, 7) is 0. The highest BCUT2D eigenvalue weighted by Crippen LogP contribution is 2.47. The third-order valence-electron chi connectivity index (χ3n) is 11.2. The van der Waals surface area contributed by atoms with Gasteiger partial charge in [-0.25, -0.2) is 0 Å². The fraction of sp³-hybridized carbons (Fsp3) is 0. The third kappa shape index (κ3) is 5.51. The zero-order chi connectivity index (χ0) is 37.7. The molecule has 3 heteroatoms. The minimum atomic E-state index is 0.851. The number of para-hydroxylation sites is 4. The molecule has 0 atom stereocenters. The van der Waals surface area contributed by atoms with E-state index in [9.17, 15) is 0 Å². The van der Waals surface area contributed by atoms with Crippen molar-refractivity contribution in [2.75, 3.05) is 4.90 Å². The van der Waals surface area contributed by atoms with Gasteiger partial charge in [0.15, 0.2) is 5.58 Å². The number of nitrogens with zero attached hydrogens (tertiary/aromatic N) is 2. The van der Waals surface area contributed by atoms with Crippen molar-refractivity contribution >= 4 is 60.8 Å². The molecule has 0 fully saturated rings. The first-order valence-electron chi connectivity index (χ1n) is 19.4. The predicted octanol–water partition coefficient (Wildman–Crippen LogP) is 15.2. The molecule has 2 heterocycles. The average molecular weight is 729 g/mol. The first-order chi connectivity index (χ1) is 28.3. The summed E-state index contributed by atoms with van der Waals surface area (Å²) >= 11 is 0. The van der Waals surface area contributed by atoms with Gasteiger partial charge in [-0.1, -0.05) is 176 Å². The van der Waals surface area contributed by atoms with Crippen LogP contribution < -0.4 is 4.90 Å². The minimum Gasteiger partial charge on any atom is -0.454 e. The zero-order valence-electron chi connectivity index (χ0n) is 31.1. The molecular weight excluding hydrogens is 693 g/mol. The summed E-state index contributed by atoms with van der Waals surface area (Å²) < 4.78 is 9.22. The van der Waals surface area contributed by atoms with Crippen LogP contribution in [0.2, 0.25) is 0 Å². The van der Waals surface area contributed by atoms with Crippen LogP contribution in [-0.2, 0) is 0 Å². The SMILES string of the molecule is c1ccc(-c2ccc(-c3ccccc3)c(-n3c4ccccc4c4ccc(N(c5ccccc5-c5ccccc5)c5cccc6c5oc5ccccc56)cc43)c2)cc1. The highest BCUT2D eigenvalue weighted by Gasteiger charge is 2.24. The van der Waals surface area contributed by atoms with E-state index in [4.69, 9.17) is 4.42 Å². The van der Waals surface area contributed by atoms with E-state index in [1.165, 1.54) is 33.0 Å². The van der Waals surface area contributed by atoms with Crippen LogP contribution in [0.25, 0.3) is 82.8 Å². The lowest BCUT2D eigenvalue weighted by atomic mass is 9.98. The average Bonchev–Trinajstić information content (AvgIpc) is 3.83. The Labute approximate surface area is 330 Å². The Morgan fingerprint density at radius 2 is 0.947 bits per heavy atom. The summed E-state index contributed by atoms with van der Waals surface area (Å²) in [5, 5.41) is 4.59. The second-order valence-corrected chi connectivity index (χ2v) is 14.5. The van der Waals surface area contributed by atoms with Gasteiger partial charge in [0.25, 0.3) is 0 Å². The van der Waals surface area contributed by atoms with E-state index in [-0.39, 0.29) is 0 Å². The van der Waals surface area contributed by atoms with Gasteiger partial charge < -0.3 is 13.9 Å². The molecule has 11 aromatic rings. The van der Waals surface area contributed by atoms with Crippen molar-refractivity contribution < 1.29 is 4.42 Å². The van der Waals surface area contributed by atoms with Crippen molar-refractivity contribution in [1.29, 1.82) is 0 Å². The molecule has 0 aliphatic carbocycles. The molecule has 0 unspecified atom stereocenters. The Bertz CT molecular complexity index is 3230. The standard InChI is InChI=1S/C54H36N2O/c1-4-17-37(18-5-1)40-31-33-43(39-21-8-3-9-22-39)51(35-40)56-49-28-14-11-24-44(49)45-34-32-41(36-52(45)56)55(48-27-13-10-23-42(48)38-19-6-2-7-20-38)50-29-16-26-47-46-25-12-15-30-53(46)57-54(47)50/h1-36H. The van der Waals surface area contributed by atoms with Gasteiger partial charge in [0.1, 0.15) is 5.58 Å². The number of furan rings is 1. The van der Waals surface area contributed by atoms with Crippen molar-refractivity contribution in [3.05, 3.63) is 218 Å². The van der Waals surface area contributed by atoms with Crippen LogP contribution in [0.3, 0.4) is 0 Å². The van der Waals surface area contributed by atoms with Gasteiger partial charge in [0.05, 0.1) is 28.1 Å². The van der Waals surface area contributed by atoms with Gasteiger partial charge in [0, 0.05) is 38.4 Å². The van der Waals surface area contributed by atoms with Gasteiger partial charge in [-0.3, -0.25) is 0 Å². The topological polar surface area (TPSA) is 21.3 Å². The first kappa shape index (κ1) is 32.8. The van der Waals surface area contributed by atoms with E-state index in [2.05, 4.69) is 222 Å². The molecule has 0 aliphatic rings. The van der Waals surface area contributed by atoms with Gasteiger partial charge in [-0.05, 0) is 64.7 Å². The summed E-state index contributed by atoms with van der Waals surface area (Å²) in [5.74, 6) is 0. The highest BCUT2D eigenvalue weighted by atomic mass is 16.3. The molecule has 268 valence electrons. The number of hydrogen-bond donors (Lipinski definition) is 0. The molecule has 57 heavy (non-hydrogen) atoms. The normalized spacial score (nSPS) is 11.5. The van der Waals surface area contributed by atoms with Crippen molar-refractivity contribution in [3.63, 3.8) is 0 Å². The Morgan fingerprint density at radius 1 is 0.351 bits per heavy atom. The number of rotatable bonds is 7. The van der Waals surface area contributed by atoms with E-state index >= 15 is 0 Å². The molecular formula is C54H36N2O. The summed E-state index contributed by atoms with van der Waals surface area (Å²) in [7, 11) is 0. The monoisotopic (exact) mass is 728 g/mol. The number of fused-ring (bicyclic) bond motifs is 6. The Morgan fingerprint density at radius 3 is 1.74 bits per heavy atom. The Hall–Kier alpha value is -7.62. The summed E-state index contributed by atoms with van der Waals surface area (Å²) in [6, 6.07) is 78.1. The van der Waals surface area contributed by atoms with Crippen LogP contribution in [0, 0.1) is 0 Å². The quantitative estimate of drug-likeness (QED) is 0.163. The van der Waals surface area contributed by atoms with E-state index in [0.29, 0.717) is 0 Å². The summed E-state index contributed by atoms with van der Waals surface area (Å²) in [5.41, 5.74) is 15.2. The number of hydrogen-bond acceptors (Lipinski definition) is 2. The van der Waals surface area contributed by atoms with Crippen LogP contribution in [0.15, 0.2) is 223 Å². The Balaban J connectivity index is 1.22. The lowest BCUT2D eigenvalue weighted by Crippen LogP contribution is -2.11. The maximum Gasteiger partial charge on any atom is 0.159 e. The molecule has 9 aromatic carbocycles. The lowest BCUT2D eigenvalue weighted by molar-refractivity contribution is 0.669. The molecule has 0 aliphatic heterocycles. The van der Waals surface area contributed by atoms with Crippen molar-refractivity contribution in [1.82, 2.24) is 4.57 Å². The fourth-order valence-corrected chi connectivity index (χ4v) is 8.59. The van der Waals surface area contributed by atoms with Crippen molar-refractivity contribution in [2.24, 2.45) is 0 Å². The first-order valence-corrected chi connectivity index (χ1v) is 19.4. The maximum atomic E-state index is 6.75. The largest absolute Gasteiger partial charge is 0.454 e. The molecule has 0 saturated heterocycles. The lowest BCUT2D eigenvalue weighted by Gasteiger charge is -2.28. The number of anilines is 3. The maximum absolute atomic E-state index is 6.75. The van der Waals surface area contributed by atoms with Gasteiger partial charge in [0.2, 0.25) is 0 Å². The van der Waals surface area contributed by atoms with Crippen LogP contribution in [0.1, 0.15) is 0 Å². The van der Waals surface area contributed by atoms with Crippen LogP contribution in [0.5, 0.6) is 0 Å². The molecule has 0 amide bonds. The molecule has 0 bridgehead atoms. The smallest absolute Gasteiger partial charge is 0.159 e. The predicted molar refractivity (Wildman–Crippen MR) is 239 cm³/mol. The summed E-state index contributed by atoms with van der Waals surface area (Å²) in [6.07, 6.45) is 0. The summed E-state index contributed by atoms with van der Waals surface area (Å²) in [4.78, 5) is 2.38. The van der Waals surface area contributed by atoms with Gasteiger partial charge >= 0.3 is 0 Å². The molecule has 0 spiro atoms. The molecule has 0 radical (unpaired) electrons. The third-order valence-corrected chi connectivity index (χ3v) is 11.2. The van der Waals surface area contributed by atoms with E-state index in [1.54, 1.807) is 0 Å². The van der Waals surface area contributed by atoms with E-state index in [1.807, 2.05) is 6.07 Å². The van der Waals surface area contributed by atoms with Crippen molar-refractivity contribution in [2.45, 2.75) is 0 Å². The zero-order valence-corrected chi connectivity index (χ0v) is 31.1. The van der Waals surface area contributed by atoms with Crippen LogP contribution in [0.4, 0.5) is 17.1 Å². The molecule has 2 aromatic heterocycles. The second kappa shape index (κ2) is 13.6. The van der Waals surface area contributed by atoms with Gasteiger partial charge in [-0.15, -0.1) is 0 Å². The number of benzene rings is 9. The second-order valence-electron chi connectivity index (χ2n) is 14.5. The van der Waals surface area contributed by atoms with Crippen LogP contribution in [-0.4, -0.2) is 4.57 Å². The molecule has 0 N–H and O–H groups in total. The van der Waals surface area contributed by atoms with Crippen LogP contribution >= 0.6 is 0 Å². The minimum absolute atomic E-state index is 0.851. The van der Waals surface area contributed by atoms with Crippen molar-refractivity contribution in [3.8, 4) is 39.1 Å². The molecule has 3 nitrogen and oxygen atoms in total. The van der Waals surface area contributed by atoms with Gasteiger partial charge in [-0.2, -0.15) is 0 Å². The van der Waals surface area contributed by atoms with E-state index < -0.39 is 0 Å². The van der Waals surface area contributed by atoms with E-state index in [0.717, 1.165) is 66.8 Å². The fourth-order valence-electron chi connectivity index (χ4n) is 8.59.